The van der Waals surface area contributed by atoms with Gasteiger partial charge in [-0.3, -0.25) is 14.9 Å². The maximum Gasteiger partial charge on any atom is 0.410 e. The van der Waals surface area contributed by atoms with Crippen molar-refractivity contribution in [2.75, 3.05) is 26.2 Å². The summed E-state index contributed by atoms with van der Waals surface area (Å²) in [5.74, 6) is -0.648. The van der Waals surface area contributed by atoms with Gasteiger partial charge in [0.25, 0.3) is 0 Å². The van der Waals surface area contributed by atoms with Crippen molar-refractivity contribution in [3.05, 3.63) is 10.1 Å². The third-order valence-electron chi connectivity index (χ3n) is 4.32. The van der Waals surface area contributed by atoms with E-state index in [1.165, 1.54) is 0 Å². The van der Waals surface area contributed by atoms with E-state index in [-0.39, 0.29) is 25.5 Å². The zero-order valence-corrected chi connectivity index (χ0v) is 15.2. The van der Waals surface area contributed by atoms with Gasteiger partial charge in [0.1, 0.15) is 5.60 Å². The monoisotopic (exact) mass is 344 g/mol. The minimum atomic E-state index is -0.797. The van der Waals surface area contributed by atoms with Crippen molar-refractivity contribution in [2.45, 2.75) is 53.1 Å². The van der Waals surface area contributed by atoms with Crippen molar-refractivity contribution in [3.8, 4) is 0 Å². The number of rotatable bonds is 5. The van der Waals surface area contributed by atoms with Gasteiger partial charge in [-0.05, 0) is 40.0 Å². The maximum atomic E-state index is 12.2. The molecule has 8 nitrogen and oxygen atoms in total. The Kier molecular flexibility index (Phi) is 6.57. The van der Waals surface area contributed by atoms with E-state index in [9.17, 15) is 19.7 Å². The highest BCUT2D eigenvalue weighted by molar-refractivity contribution is 5.71. The topological polar surface area (TPSA) is 99.0 Å². The van der Waals surface area contributed by atoms with E-state index in [4.69, 9.17) is 9.47 Å². The van der Waals surface area contributed by atoms with E-state index in [1.807, 2.05) is 6.92 Å². The Morgan fingerprint density at radius 3 is 2.46 bits per heavy atom. The quantitative estimate of drug-likeness (QED) is 0.431. The second-order valence-corrected chi connectivity index (χ2v) is 7.41. The SMILES string of the molecule is CCOC(=O)CC1(C[N+](=O)[O-])CCN(C(=O)OC(C)(C)C)CC1C. The second-order valence-electron chi connectivity index (χ2n) is 7.41. The zero-order valence-electron chi connectivity index (χ0n) is 15.2. The van der Waals surface area contributed by atoms with Gasteiger partial charge in [-0.25, -0.2) is 4.79 Å². The number of nitrogens with zero attached hydrogens (tertiary/aromatic N) is 2. The van der Waals surface area contributed by atoms with Crippen LogP contribution < -0.4 is 0 Å². The first-order valence-electron chi connectivity index (χ1n) is 8.24. The van der Waals surface area contributed by atoms with Crippen molar-refractivity contribution in [3.63, 3.8) is 0 Å². The fourth-order valence-corrected chi connectivity index (χ4v) is 3.02. The van der Waals surface area contributed by atoms with Crippen LogP contribution in [0.4, 0.5) is 4.79 Å². The molecule has 1 fully saturated rings. The van der Waals surface area contributed by atoms with Crippen LogP contribution in [-0.2, 0) is 14.3 Å². The molecular weight excluding hydrogens is 316 g/mol. The molecule has 0 N–H and O–H groups in total. The lowest BCUT2D eigenvalue weighted by atomic mass is 9.68. The summed E-state index contributed by atoms with van der Waals surface area (Å²) in [7, 11) is 0. The number of likely N-dealkylation sites (tertiary alicyclic amines) is 1. The lowest BCUT2D eigenvalue weighted by Crippen LogP contribution is -2.52. The molecule has 1 heterocycles. The molecule has 0 bridgehead atoms. The number of nitro groups is 1. The van der Waals surface area contributed by atoms with Gasteiger partial charge in [0.2, 0.25) is 6.54 Å². The number of amides is 1. The third-order valence-corrected chi connectivity index (χ3v) is 4.32. The summed E-state index contributed by atoms with van der Waals surface area (Å²) in [6.45, 7) is 9.48. The van der Waals surface area contributed by atoms with Crippen LogP contribution in [0.3, 0.4) is 0 Å². The maximum absolute atomic E-state index is 12.2. The number of ether oxygens (including phenoxy) is 2. The lowest BCUT2D eigenvalue weighted by molar-refractivity contribution is -0.501. The Balaban J connectivity index is 2.85. The Morgan fingerprint density at radius 2 is 2.00 bits per heavy atom. The van der Waals surface area contributed by atoms with Gasteiger partial charge in [-0.15, -0.1) is 0 Å². The van der Waals surface area contributed by atoms with E-state index in [2.05, 4.69) is 0 Å². The first kappa shape index (κ1) is 20.2. The average Bonchev–Trinajstić information content (AvgIpc) is 2.39. The summed E-state index contributed by atoms with van der Waals surface area (Å²) in [6.07, 6.45) is -0.0709. The minimum Gasteiger partial charge on any atom is -0.466 e. The molecule has 1 aliphatic rings. The summed E-state index contributed by atoms with van der Waals surface area (Å²) >= 11 is 0. The van der Waals surface area contributed by atoms with E-state index < -0.39 is 28.0 Å². The Hall–Kier alpha value is -1.86. The highest BCUT2D eigenvalue weighted by atomic mass is 16.6. The van der Waals surface area contributed by atoms with Gasteiger partial charge in [-0.1, -0.05) is 6.92 Å². The Bertz CT molecular complexity index is 487. The summed E-state index contributed by atoms with van der Waals surface area (Å²) in [5, 5.41) is 11.1. The number of hydrogen-bond donors (Lipinski definition) is 0. The molecule has 2 atom stereocenters. The molecular formula is C16H28N2O6. The molecule has 24 heavy (non-hydrogen) atoms. The molecule has 0 aromatic carbocycles. The molecule has 0 aliphatic carbocycles. The van der Waals surface area contributed by atoms with Crippen molar-refractivity contribution in [1.29, 1.82) is 0 Å². The molecule has 0 spiro atoms. The van der Waals surface area contributed by atoms with Crippen molar-refractivity contribution >= 4 is 12.1 Å². The number of hydrogen-bond acceptors (Lipinski definition) is 6. The fourth-order valence-electron chi connectivity index (χ4n) is 3.02. The fraction of sp³-hybridized carbons (Fsp3) is 0.875. The van der Waals surface area contributed by atoms with Crippen LogP contribution in [0.15, 0.2) is 0 Å². The molecule has 1 rings (SSSR count). The molecule has 0 aromatic heterocycles. The van der Waals surface area contributed by atoms with Gasteiger partial charge in [0.15, 0.2) is 0 Å². The van der Waals surface area contributed by atoms with Crippen LogP contribution in [-0.4, -0.2) is 53.7 Å². The lowest BCUT2D eigenvalue weighted by Gasteiger charge is -2.43. The average molecular weight is 344 g/mol. The van der Waals surface area contributed by atoms with Crippen molar-refractivity contribution < 1.29 is 24.0 Å². The van der Waals surface area contributed by atoms with Crippen LogP contribution in [0.2, 0.25) is 0 Å². The standard InChI is InChI=1S/C16H28N2O6/c1-6-23-13(19)9-16(11-18(21)22)7-8-17(10-12(16)2)14(20)24-15(3,4)5/h12H,6-11H2,1-5H3. The first-order valence-corrected chi connectivity index (χ1v) is 8.24. The first-order chi connectivity index (χ1) is 11.0. The molecule has 8 heteroatoms. The van der Waals surface area contributed by atoms with Crippen molar-refractivity contribution in [2.24, 2.45) is 11.3 Å². The summed E-state index contributed by atoms with van der Waals surface area (Å²) in [4.78, 5) is 36.4. The number of carbonyl (C=O) groups excluding carboxylic acids is 2. The summed E-state index contributed by atoms with van der Waals surface area (Å²) in [5.41, 5.74) is -1.39. The molecule has 0 radical (unpaired) electrons. The number of carbonyl (C=O) groups is 2. The predicted octanol–water partition coefficient (Wildman–Crippen LogP) is 2.48. The Labute approximate surface area is 142 Å². The summed E-state index contributed by atoms with van der Waals surface area (Å²) in [6, 6.07) is 0. The normalized spacial score (nSPS) is 24.4. The largest absolute Gasteiger partial charge is 0.466 e. The number of esters is 1. The molecule has 0 saturated carbocycles. The van der Waals surface area contributed by atoms with Crippen molar-refractivity contribution in [1.82, 2.24) is 4.90 Å². The van der Waals surface area contributed by atoms with Crippen LogP contribution in [0.25, 0.3) is 0 Å². The smallest absolute Gasteiger partial charge is 0.410 e. The number of piperidine rings is 1. The van der Waals surface area contributed by atoms with E-state index in [1.54, 1.807) is 32.6 Å². The molecule has 1 aliphatic heterocycles. The van der Waals surface area contributed by atoms with Crippen LogP contribution >= 0.6 is 0 Å². The molecule has 138 valence electrons. The van der Waals surface area contributed by atoms with E-state index in [0.29, 0.717) is 19.5 Å². The predicted molar refractivity (Wildman–Crippen MR) is 87.1 cm³/mol. The molecule has 2 unspecified atom stereocenters. The molecule has 1 saturated heterocycles. The van der Waals surface area contributed by atoms with Crippen LogP contribution in [0.1, 0.15) is 47.5 Å². The van der Waals surface area contributed by atoms with Gasteiger partial charge >= 0.3 is 12.1 Å². The van der Waals surface area contributed by atoms with Gasteiger partial charge in [0, 0.05) is 18.0 Å². The van der Waals surface area contributed by atoms with Crippen LogP contribution in [0, 0.1) is 21.4 Å². The Morgan fingerprint density at radius 1 is 1.38 bits per heavy atom. The minimum absolute atomic E-state index is 0.00878. The highest BCUT2D eigenvalue weighted by Crippen LogP contribution is 2.40. The highest BCUT2D eigenvalue weighted by Gasteiger charge is 2.47. The van der Waals surface area contributed by atoms with E-state index >= 15 is 0 Å². The van der Waals surface area contributed by atoms with Gasteiger partial charge < -0.3 is 14.4 Å². The van der Waals surface area contributed by atoms with Gasteiger partial charge in [-0.2, -0.15) is 0 Å². The molecule has 1 amide bonds. The zero-order chi connectivity index (χ0) is 18.5. The molecule has 0 aromatic rings. The van der Waals surface area contributed by atoms with E-state index in [0.717, 1.165) is 0 Å². The second kappa shape index (κ2) is 7.81. The third kappa shape index (κ3) is 5.65. The van der Waals surface area contributed by atoms with Crippen LogP contribution in [0.5, 0.6) is 0 Å². The summed E-state index contributed by atoms with van der Waals surface area (Å²) < 4.78 is 10.3. The van der Waals surface area contributed by atoms with Gasteiger partial charge in [0.05, 0.1) is 18.4 Å².